The molecule has 1 atom stereocenters. The number of hydrogen-bond donors (Lipinski definition) is 2. The number of nitriles is 1. The van der Waals surface area contributed by atoms with Gasteiger partial charge >= 0.3 is 0 Å². The van der Waals surface area contributed by atoms with E-state index < -0.39 is 10.0 Å². The summed E-state index contributed by atoms with van der Waals surface area (Å²) in [5.41, 5.74) is 0.691. The molecule has 0 aliphatic carbocycles. The van der Waals surface area contributed by atoms with E-state index in [0.29, 0.717) is 11.3 Å². The molecule has 5 nitrogen and oxygen atoms in total. The summed E-state index contributed by atoms with van der Waals surface area (Å²) in [5.74, 6) is 0.247. The number of nitrogens with zero attached hydrogens (tertiary/aromatic N) is 1. The monoisotopic (exact) mass is 265 g/mol. The molecule has 18 heavy (non-hydrogen) atoms. The number of para-hydroxylation sites is 1. The third kappa shape index (κ3) is 3.22. The van der Waals surface area contributed by atoms with E-state index in [-0.39, 0.29) is 11.7 Å². The summed E-state index contributed by atoms with van der Waals surface area (Å²) >= 11 is 0. The Kier molecular flexibility index (Phi) is 3.84. The molecule has 1 aromatic rings. The van der Waals surface area contributed by atoms with Crippen LogP contribution in [-0.4, -0.2) is 27.3 Å². The molecule has 1 aliphatic heterocycles. The molecule has 1 fully saturated rings. The first kappa shape index (κ1) is 12.9. The first-order chi connectivity index (χ1) is 8.61. The Morgan fingerprint density at radius 2 is 2.22 bits per heavy atom. The minimum absolute atomic E-state index is 0.0970. The molecule has 1 aliphatic rings. The summed E-state index contributed by atoms with van der Waals surface area (Å²) in [6.07, 6.45) is 0.876. The maximum Gasteiger partial charge on any atom is 0.233 e. The molecule has 0 amide bonds. The maximum absolute atomic E-state index is 12.0. The molecule has 0 spiro atoms. The molecule has 0 bridgehead atoms. The molecule has 0 saturated carbocycles. The topological polar surface area (TPSA) is 82.0 Å². The van der Waals surface area contributed by atoms with Crippen LogP contribution in [0.1, 0.15) is 12.0 Å². The van der Waals surface area contributed by atoms with Crippen molar-refractivity contribution in [3.8, 4) is 6.07 Å². The highest BCUT2D eigenvalue weighted by molar-refractivity contribution is 7.92. The second-order valence-corrected chi connectivity index (χ2v) is 6.17. The molecule has 6 heteroatoms. The van der Waals surface area contributed by atoms with E-state index in [2.05, 4.69) is 10.0 Å². The molecule has 1 heterocycles. The largest absolute Gasteiger partial charge is 0.316 e. The van der Waals surface area contributed by atoms with Crippen molar-refractivity contribution in [3.63, 3.8) is 0 Å². The van der Waals surface area contributed by atoms with Crippen LogP contribution in [0.15, 0.2) is 24.3 Å². The van der Waals surface area contributed by atoms with Crippen LogP contribution in [0.3, 0.4) is 0 Å². The second kappa shape index (κ2) is 5.38. The van der Waals surface area contributed by atoms with E-state index in [1.807, 2.05) is 6.07 Å². The van der Waals surface area contributed by atoms with Crippen LogP contribution in [0.4, 0.5) is 5.69 Å². The summed E-state index contributed by atoms with van der Waals surface area (Å²) in [7, 11) is -3.39. The lowest BCUT2D eigenvalue weighted by Gasteiger charge is -2.12. The fourth-order valence-corrected chi connectivity index (χ4v) is 3.55. The third-order valence-corrected chi connectivity index (χ3v) is 4.37. The highest BCUT2D eigenvalue weighted by atomic mass is 32.2. The Bertz CT molecular complexity index is 557. The standard InChI is InChI=1S/C12H15N3O2S/c13-7-11-3-1-2-4-12(11)15-18(16,17)9-10-5-6-14-8-10/h1-4,10,14-15H,5-6,8-9H2. The van der Waals surface area contributed by atoms with Crippen LogP contribution in [-0.2, 0) is 10.0 Å². The van der Waals surface area contributed by atoms with E-state index in [0.717, 1.165) is 19.5 Å². The van der Waals surface area contributed by atoms with Gasteiger partial charge in [-0.05, 0) is 37.6 Å². The average molecular weight is 265 g/mol. The van der Waals surface area contributed by atoms with Crippen LogP contribution >= 0.6 is 0 Å². The van der Waals surface area contributed by atoms with Crippen molar-refractivity contribution < 1.29 is 8.42 Å². The van der Waals surface area contributed by atoms with E-state index in [1.165, 1.54) is 0 Å². The van der Waals surface area contributed by atoms with Gasteiger partial charge in [0.1, 0.15) is 6.07 Å². The van der Waals surface area contributed by atoms with E-state index >= 15 is 0 Å². The number of sulfonamides is 1. The zero-order valence-corrected chi connectivity index (χ0v) is 10.7. The molecule has 2 N–H and O–H groups in total. The van der Waals surface area contributed by atoms with Crippen molar-refractivity contribution in [3.05, 3.63) is 29.8 Å². The van der Waals surface area contributed by atoms with Crippen LogP contribution < -0.4 is 10.0 Å². The number of anilines is 1. The zero-order chi connectivity index (χ0) is 13.0. The fourth-order valence-electron chi connectivity index (χ4n) is 2.05. The van der Waals surface area contributed by atoms with Crippen molar-refractivity contribution in [2.24, 2.45) is 5.92 Å². The minimum Gasteiger partial charge on any atom is -0.316 e. The smallest absolute Gasteiger partial charge is 0.233 e. The predicted octanol–water partition coefficient (Wildman–Crippen LogP) is 0.909. The van der Waals surface area contributed by atoms with E-state index in [1.54, 1.807) is 24.3 Å². The maximum atomic E-state index is 12.0. The Labute approximate surface area is 107 Å². The number of nitrogens with one attached hydrogen (secondary N) is 2. The highest BCUT2D eigenvalue weighted by Gasteiger charge is 2.22. The Balaban J connectivity index is 2.10. The molecular formula is C12H15N3O2S. The van der Waals surface area contributed by atoms with Crippen molar-refractivity contribution in [2.45, 2.75) is 6.42 Å². The van der Waals surface area contributed by atoms with Gasteiger partial charge in [0.2, 0.25) is 10.0 Å². The molecule has 0 radical (unpaired) electrons. The lowest BCUT2D eigenvalue weighted by atomic mass is 10.2. The average Bonchev–Trinajstić information content (AvgIpc) is 2.81. The summed E-state index contributed by atoms with van der Waals surface area (Å²) in [4.78, 5) is 0. The molecule has 96 valence electrons. The van der Waals surface area contributed by atoms with Crippen molar-refractivity contribution in [1.82, 2.24) is 5.32 Å². The van der Waals surface area contributed by atoms with E-state index in [9.17, 15) is 8.42 Å². The fraction of sp³-hybridized carbons (Fsp3) is 0.417. The van der Waals surface area contributed by atoms with E-state index in [4.69, 9.17) is 5.26 Å². The highest BCUT2D eigenvalue weighted by Crippen LogP contribution is 2.17. The van der Waals surface area contributed by atoms with Gasteiger partial charge in [-0.15, -0.1) is 0 Å². The van der Waals surface area contributed by atoms with Crippen LogP contribution in [0, 0.1) is 17.2 Å². The van der Waals surface area contributed by atoms with Gasteiger partial charge in [-0.25, -0.2) is 8.42 Å². The van der Waals surface area contributed by atoms with Gasteiger partial charge in [0.25, 0.3) is 0 Å². The number of rotatable bonds is 4. The number of hydrogen-bond acceptors (Lipinski definition) is 4. The van der Waals surface area contributed by atoms with Gasteiger partial charge in [-0.1, -0.05) is 12.1 Å². The molecular weight excluding hydrogens is 250 g/mol. The Hall–Kier alpha value is -1.58. The van der Waals surface area contributed by atoms with Gasteiger partial charge < -0.3 is 5.32 Å². The van der Waals surface area contributed by atoms with Crippen molar-refractivity contribution in [1.29, 1.82) is 5.26 Å². The normalized spacial score (nSPS) is 19.4. The van der Waals surface area contributed by atoms with Gasteiger partial charge in [0.15, 0.2) is 0 Å². The van der Waals surface area contributed by atoms with Crippen molar-refractivity contribution >= 4 is 15.7 Å². The number of benzene rings is 1. The first-order valence-electron chi connectivity index (χ1n) is 5.81. The Morgan fingerprint density at radius 3 is 2.89 bits per heavy atom. The Morgan fingerprint density at radius 1 is 1.44 bits per heavy atom. The van der Waals surface area contributed by atoms with Gasteiger partial charge in [-0.2, -0.15) is 5.26 Å². The molecule has 1 saturated heterocycles. The predicted molar refractivity (Wildman–Crippen MR) is 69.5 cm³/mol. The lowest BCUT2D eigenvalue weighted by Crippen LogP contribution is -2.24. The summed E-state index contributed by atoms with van der Waals surface area (Å²) in [6, 6.07) is 8.57. The van der Waals surface area contributed by atoms with Gasteiger partial charge in [0, 0.05) is 0 Å². The molecule has 1 unspecified atom stereocenters. The molecule has 1 aromatic carbocycles. The second-order valence-electron chi connectivity index (χ2n) is 4.40. The van der Waals surface area contributed by atoms with Crippen LogP contribution in [0.2, 0.25) is 0 Å². The van der Waals surface area contributed by atoms with Gasteiger partial charge in [0.05, 0.1) is 17.0 Å². The van der Waals surface area contributed by atoms with Gasteiger partial charge in [-0.3, -0.25) is 4.72 Å². The minimum atomic E-state index is -3.39. The van der Waals surface area contributed by atoms with Crippen LogP contribution in [0.5, 0.6) is 0 Å². The lowest BCUT2D eigenvalue weighted by molar-refractivity contribution is 0.575. The molecule has 0 aromatic heterocycles. The van der Waals surface area contributed by atoms with Crippen LogP contribution in [0.25, 0.3) is 0 Å². The van der Waals surface area contributed by atoms with Crippen molar-refractivity contribution in [2.75, 3.05) is 23.6 Å². The summed E-state index contributed by atoms with van der Waals surface area (Å²) < 4.78 is 26.4. The third-order valence-electron chi connectivity index (χ3n) is 2.93. The first-order valence-corrected chi connectivity index (χ1v) is 7.46. The summed E-state index contributed by atoms with van der Waals surface area (Å²) in [6.45, 7) is 1.61. The zero-order valence-electron chi connectivity index (χ0n) is 9.89. The quantitative estimate of drug-likeness (QED) is 0.847. The molecule has 2 rings (SSSR count). The SMILES string of the molecule is N#Cc1ccccc1NS(=O)(=O)CC1CCNC1. The summed E-state index contributed by atoms with van der Waals surface area (Å²) in [5, 5.41) is 12.0.